The quantitative estimate of drug-likeness (QED) is 0.413. The van der Waals surface area contributed by atoms with Gasteiger partial charge >= 0.3 is 0 Å². The molecule has 4 rings (SSSR count). The SMILES string of the molecule is COc1cccc(NC(=O)c2ccc(C)c(NC3=C(Cl)C(=O)N(c4ccc(OC)cc4OC)C3=O)c2)c1. The van der Waals surface area contributed by atoms with Gasteiger partial charge in [0.15, 0.2) is 0 Å². The molecule has 3 aromatic rings. The number of aryl methyl sites for hydroxylation is 1. The van der Waals surface area contributed by atoms with Gasteiger partial charge in [-0.25, -0.2) is 4.90 Å². The van der Waals surface area contributed by atoms with Crippen LogP contribution in [0.5, 0.6) is 17.2 Å². The van der Waals surface area contributed by atoms with Crippen molar-refractivity contribution < 1.29 is 28.6 Å². The molecule has 10 heteroatoms. The highest BCUT2D eigenvalue weighted by atomic mass is 35.5. The van der Waals surface area contributed by atoms with Crippen LogP contribution in [0, 0.1) is 6.92 Å². The number of rotatable bonds is 8. The summed E-state index contributed by atoms with van der Waals surface area (Å²) in [6.45, 7) is 1.80. The number of amides is 3. The maximum atomic E-state index is 13.3. The van der Waals surface area contributed by atoms with Crippen LogP contribution in [0.3, 0.4) is 0 Å². The van der Waals surface area contributed by atoms with Gasteiger partial charge in [-0.15, -0.1) is 0 Å². The molecule has 0 atom stereocenters. The van der Waals surface area contributed by atoms with E-state index in [1.807, 2.05) is 0 Å². The third-order valence-corrected chi connectivity index (χ3v) is 6.09. The fourth-order valence-electron chi connectivity index (χ4n) is 3.74. The monoisotopic (exact) mass is 521 g/mol. The van der Waals surface area contributed by atoms with Crippen LogP contribution >= 0.6 is 11.6 Å². The first-order valence-corrected chi connectivity index (χ1v) is 11.5. The molecule has 0 unspecified atom stereocenters. The minimum Gasteiger partial charge on any atom is -0.497 e. The average Bonchev–Trinajstić information content (AvgIpc) is 3.12. The zero-order valence-electron chi connectivity index (χ0n) is 20.5. The molecule has 3 amide bonds. The number of halogens is 1. The predicted molar refractivity (Wildman–Crippen MR) is 141 cm³/mol. The first-order valence-electron chi connectivity index (χ1n) is 11.1. The number of nitrogens with one attached hydrogen (secondary N) is 2. The molecule has 0 bridgehead atoms. The minimum absolute atomic E-state index is 0.113. The van der Waals surface area contributed by atoms with Crippen LogP contribution in [-0.2, 0) is 9.59 Å². The average molecular weight is 522 g/mol. The maximum Gasteiger partial charge on any atom is 0.283 e. The molecule has 37 heavy (non-hydrogen) atoms. The standard InChI is InChI=1S/C27H24ClN3O6/c1-15-8-9-16(25(32)29-17-6-5-7-18(13-17)35-2)12-20(15)30-24-23(28)26(33)31(27(24)34)21-11-10-19(36-3)14-22(21)37-4/h5-14,30H,1-4H3,(H,29,32). The van der Waals surface area contributed by atoms with Gasteiger partial charge in [0.1, 0.15) is 28.0 Å². The molecule has 3 aromatic carbocycles. The van der Waals surface area contributed by atoms with Crippen LogP contribution < -0.4 is 29.7 Å². The highest BCUT2D eigenvalue weighted by molar-refractivity contribution is 6.53. The Morgan fingerprint density at radius 1 is 0.865 bits per heavy atom. The van der Waals surface area contributed by atoms with Crippen molar-refractivity contribution in [2.45, 2.75) is 6.92 Å². The van der Waals surface area contributed by atoms with Gasteiger partial charge in [0.05, 0.1) is 27.0 Å². The summed E-state index contributed by atoms with van der Waals surface area (Å²) in [5, 5.41) is 5.47. The van der Waals surface area contributed by atoms with Crippen LogP contribution in [0.4, 0.5) is 17.1 Å². The number of nitrogens with zero attached hydrogens (tertiary/aromatic N) is 1. The molecule has 0 saturated carbocycles. The molecule has 9 nitrogen and oxygen atoms in total. The van der Waals surface area contributed by atoms with Crippen molar-refractivity contribution in [1.82, 2.24) is 0 Å². The molecule has 2 N–H and O–H groups in total. The fourth-order valence-corrected chi connectivity index (χ4v) is 3.95. The van der Waals surface area contributed by atoms with Gasteiger partial charge in [-0.1, -0.05) is 23.7 Å². The Bertz CT molecular complexity index is 1440. The van der Waals surface area contributed by atoms with E-state index in [1.165, 1.54) is 20.3 Å². The fraction of sp³-hybridized carbons (Fsp3) is 0.148. The topological polar surface area (TPSA) is 106 Å². The summed E-state index contributed by atoms with van der Waals surface area (Å²) in [6.07, 6.45) is 0. The van der Waals surface area contributed by atoms with E-state index in [2.05, 4.69) is 10.6 Å². The second-order valence-electron chi connectivity index (χ2n) is 8.01. The molecular formula is C27H24ClN3O6. The highest BCUT2D eigenvalue weighted by Gasteiger charge is 2.40. The Morgan fingerprint density at radius 3 is 2.30 bits per heavy atom. The summed E-state index contributed by atoms with van der Waals surface area (Å²) in [5.74, 6) is -0.370. The van der Waals surface area contributed by atoms with Crippen LogP contribution in [0.1, 0.15) is 15.9 Å². The lowest BCUT2D eigenvalue weighted by Gasteiger charge is -2.19. The van der Waals surface area contributed by atoms with Crippen molar-refractivity contribution in [2.75, 3.05) is 36.9 Å². The van der Waals surface area contributed by atoms with Crippen molar-refractivity contribution in [1.29, 1.82) is 0 Å². The Labute approximate surface area is 218 Å². The predicted octanol–water partition coefficient (Wildman–Crippen LogP) is 4.71. The summed E-state index contributed by atoms with van der Waals surface area (Å²) < 4.78 is 15.7. The van der Waals surface area contributed by atoms with Crippen molar-refractivity contribution in [3.05, 3.63) is 82.5 Å². The van der Waals surface area contributed by atoms with Gasteiger partial charge in [-0.2, -0.15) is 0 Å². The van der Waals surface area contributed by atoms with E-state index >= 15 is 0 Å². The lowest BCUT2D eigenvalue weighted by molar-refractivity contribution is -0.120. The van der Waals surface area contributed by atoms with Crippen LogP contribution in [0.2, 0.25) is 0 Å². The second-order valence-corrected chi connectivity index (χ2v) is 8.39. The highest BCUT2D eigenvalue weighted by Crippen LogP contribution is 2.38. The molecular weight excluding hydrogens is 498 g/mol. The number of carbonyl (C=O) groups is 3. The van der Waals surface area contributed by atoms with Gasteiger partial charge in [-0.3, -0.25) is 14.4 Å². The van der Waals surface area contributed by atoms with E-state index in [1.54, 1.807) is 68.6 Å². The molecule has 0 aromatic heterocycles. The molecule has 0 aliphatic carbocycles. The Morgan fingerprint density at radius 2 is 1.59 bits per heavy atom. The zero-order chi connectivity index (χ0) is 26.7. The van der Waals surface area contributed by atoms with E-state index in [0.29, 0.717) is 28.4 Å². The lowest BCUT2D eigenvalue weighted by Crippen LogP contribution is -2.32. The van der Waals surface area contributed by atoms with Gasteiger partial charge in [0.25, 0.3) is 17.7 Å². The number of anilines is 3. The number of hydrogen-bond donors (Lipinski definition) is 2. The van der Waals surface area contributed by atoms with E-state index in [9.17, 15) is 14.4 Å². The minimum atomic E-state index is -0.706. The second kappa shape index (κ2) is 10.6. The lowest BCUT2D eigenvalue weighted by atomic mass is 10.1. The van der Waals surface area contributed by atoms with Crippen molar-refractivity contribution >= 4 is 46.4 Å². The molecule has 0 radical (unpaired) electrons. The summed E-state index contributed by atoms with van der Waals surface area (Å²) in [7, 11) is 4.46. The summed E-state index contributed by atoms with van der Waals surface area (Å²) in [6, 6.07) is 16.6. The number of carbonyl (C=O) groups excluding carboxylic acids is 3. The Hall–Kier alpha value is -4.50. The van der Waals surface area contributed by atoms with E-state index in [4.69, 9.17) is 25.8 Å². The number of ether oxygens (including phenoxy) is 3. The molecule has 1 aliphatic rings. The van der Waals surface area contributed by atoms with Crippen LogP contribution in [-0.4, -0.2) is 39.1 Å². The summed E-state index contributed by atoms with van der Waals surface area (Å²) in [4.78, 5) is 40.1. The number of methoxy groups -OCH3 is 3. The normalized spacial score (nSPS) is 13.1. The molecule has 1 heterocycles. The van der Waals surface area contributed by atoms with Crippen LogP contribution in [0.15, 0.2) is 71.4 Å². The van der Waals surface area contributed by atoms with Gasteiger partial charge in [0, 0.05) is 29.1 Å². The number of imide groups is 1. The Balaban J connectivity index is 1.59. The summed E-state index contributed by atoms with van der Waals surface area (Å²) in [5.41, 5.74) is 2.17. The first kappa shape index (κ1) is 25.6. The molecule has 0 spiro atoms. The largest absolute Gasteiger partial charge is 0.497 e. The van der Waals surface area contributed by atoms with Gasteiger partial charge in [-0.05, 0) is 48.9 Å². The molecule has 0 saturated heterocycles. The van der Waals surface area contributed by atoms with Gasteiger partial charge in [0.2, 0.25) is 0 Å². The van der Waals surface area contributed by atoms with E-state index in [0.717, 1.165) is 10.5 Å². The third-order valence-electron chi connectivity index (χ3n) is 5.74. The maximum absolute atomic E-state index is 13.3. The van der Waals surface area contributed by atoms with Crippen molar-refractivity contribution in [3.63, 3.8) is 0 Å². The molecule has 0 fully saturated rings. The Kier molecular flexibility index (Phi) is 7.35. The first-order chi connectivity index (χ1) is 17.8. The van der Waals surface area contributed by atoms with Crippen molar-refractivity contribution in [2.24, 2.45) is 0 Å². The van der Waals surface area contributed by atoms with Crippen molar-refractivity contribution in [3.8, 4) is 17.2 Å². The van der Waals surface area contributed by atoms with Crippen LogP contribution in [0.25, 0.3) is 0 Å². The van der Waals surface area contributed by atoms with E-state index < -0.39 is 11.8 Å². The van der Waals surface area contributed by atoms with E-state index in [-0.39, 0.29) is 28.1 Å². The smallest absolute Gasteiger partial charge is 0.283 e. The number of benzene rings is 3. The van der Waals surface area contributed by atoms with Gasteiger partial charge < -0.3 is 24.8 Å². The third kappa shape index (κ3) is 5.07. The summed E-state index contributed by atoms with van der Waals surface area (Å²) >= 11 is 6.31. The zero-order valence-corrected chi connectivity index (χ0v) is 21.3. The number of hydrogen-bond acceptors (Lipinski definition) is 7. The molecule has 190 valence electrons. The molecule has 1 aliphatic heterocycles.